The molecule has 0 amide bonds. The number of alkyl halides is 3. The van der Waals surface area contributed by atoms with Gasteiger partial charge in [0.05, 0.1) is 17.1 Å². The molecule has 1 fully saturated rings. The van der Waals surface area contributed by atoms with E-state index in [-0.39, 0.29) is 19.4 Å². The molecule has 1 saturated carbocycles. The zero-order chi connectivity index (χ0) is 18.0. The zero-order valence-electron chi connectivity index (χ0n) is 13.0. The Bertz CT molecular complexity index is 710. The number of carbonyl (C=O) groups excluding carboxylic acids is 1. The van der Waals surface area contributed by atoms with Crippen molar-refractivity contribution < 1.29 is 31.1 Å². The van der Waals surface area contributed by atoms with Crippen molar-refractivity contribution in [1.29, 1.82) is 0 Å². The van der Waals surface area contributed by atoms with Crippen molar-refractivity contribution in [1.82, 2.24) is 4.72 Å². The first-order chi connectivity index (χ1) is 11.1. The Morgan fingerprint density at radius 3 is 2.38 bits per heavy atom. The van der Waals surface area contributed by atoms with E-state index >= 15 is 0 Å². The highest BCUT2D eigenvalue weighted by atomic mass is 32.2. The highest BCUT2D eigenvalue weighted by Gasteiger charge is 2.47. The molecular formula is C15H18F3NO4S. The number of carbonyl (C=O) groups is 1. The minimum Gasteiger partial charge on any atom is -0.465 e. The van der Waals surface area contributed by atoms with Crippen LogP contribution in [0.3, 0.4) is 0 Å². The summed E-state index contributed by atoms with van der Waals surface area (Å²) in [5, 5.41) is 0. The summed E-state index contributed by atoms with van der Waals surface area (Å²) in [5.74, 6) is -0.754. The van der Waals surface area contributed by atoms with E-state index in [4.69, 9.17) is 4.74 Å². The molecule has 134 valence electrons. The molecule has 0 aliphatic heterocycles. The maximum absolute atomic E-state index is 13.1. The standard InChI is InChI=1S/C15H18F3NO4S/c1-2-23-13(20)14(9-5-6-10-14)19-24(21,22)12-8-4-3-7-11(12)15(16,17)18/h3-4,7-8,19H,2,5-6,9-10H2,1H3. The Labute approximate surface area is 138 Å². The Balaban J connectivity index is 2.43. The molecule has 0 aromatic heterocycles. The second-order valence-electron chi connectivity index (χ2n) is 5.61. The van der Waals surface area contributed by atoms with Gasteiger partial charge in [-0.15, -0.1) is 0 Å². The van der Waals surface area contributed by atoms with Crippen LogP contribution >= 0.6 is 0 Å². The van der Waals surface area contributed by atoms with Crippen LogP contribution in [0.2, 0.25) is 0 Å². The van der Waals surface area contributed by atoms with E-state index in [2.05, 4.69) is 4.72 Å². The van der Waals surface area contributed by atoms with E-state index in [1.807, 2.05) is 0 Å². The number of halogens is 3. The quantitative estimate of drug-likeness (QED) is 0.815. The van der Waals surface area contributed by atoms with E-state index in [0.717, 1.165) is 12.1 Å². The number of nitrogens with one attached hydrogen (secondary N) is 1. The third-order valence-corrected chi connectivity index (χ3v) is 5.53. The molecule has 1 aromatic rings. The van der Waals surface area contributed by atoms with E-state index in [9.17, 15) is 26.4 Å². The van der Waals surface area contributed by atoms with Crippen molar-refractivity contribution in [2.75, 3.05) is 6.61 Å². The lowest BCUT2D eigenvalue weighted by Crippen LogP contribution is -2.53. The van der Waals surface area contributed by atoms with Gasteiger partial charge in [-0.3, -0.25) is 4.79 Å². The molecule has 24 heavy (non-hydrogen) atoms. The van der Waals surface area contributed by atoms with Crippen LogP contribution in [-0.4, -0.2) is 26.5 Å². The van der Waals surface area contributed by atoms with Crippen molar-refractivity contribution in [2.45, 2.75) is 49.2 Å². The fourth-order valence-corrected chi connectivity index (χ4v) is 4.49. The second kappa shape index (κ2) is 6.72. The first kappa shape index (κ1) is 18.7. The number of hydrogen-bond acceptors (Lipinski definition) is 4. The molecule has 0 unspecified atom stereocenters. The van der Waals surface area contributed by atoms with Gasteiger partial charge in [0.2, 0.25) is 10.0 Å². The van der Waals surface area contributed by atoms with Crippen LogP contribution in [0.25, 0.3) is 0 Å². The highest BCUT2D eigenvalue weighted by Crippen LogP contribution is 2.36. The van der Waals surface area contributed by atoms with E-state index in [0.29, 0.717) is 18.9 Å². The lowest BCUT2D eigenvalue weighted by Gasteiger charge is -2.28. The second-order valence-corrected chi connectivity index (χ2v) is 7.26. The predicted octanol–water partition coefficient (Wildman–Crippen LogP) is 2.86. The summed E-state index contributed by atoms with van der Waals surface area (Å²) in [6.45, 7) is 1.63. The molecule has 0 atom stereocenters. The number of sulfonamides is 1. The smallest absolute Gasteiger partial charge is 0.417 e. The van der Waals surface area contributed by atoms with Crippen LogP contribution in [0.5, 0.6) is 0 Å². The van der Waals surface area contributed by atoms with Gasteiger partial charge in [0.25, 0.3) is 0 Å². The molecule has 0 saturated heterocycles. The summed E-state index contributed by atoms with van der Waals surface area (Å²) in [4.78, 5) is 11.3. The van der Waals surface area contributed by atoms with Gasteiger partial charge in [0.1, 0.15) is 5.54 Å². The van der Waals surface area contributed by atoms with Gasteiger partial charge in [-0.2, -0.15) is 17.9 Å². The average molecular weight is 365 g/mol. The van der Waals surface area contributed by atoms with Crippen LogP contribution < -0.4 is 4.72 Å². The third-order valence-electron chi connectivity index (χ3n) is 3.93. The molecule has 0 bridgehead atoms. The van der Waals surface area contributed by atoms with Crippen LogP contribution in [0.15, 0.2) is 29.2 Å². The summed E-state index contributed by atoms with van der Waals surface area (Å²) >= 11 is 0. The van der Waals surface area contributed by atoms with Crippen molar-refractivity contribution in [3.05, 3.63) is 29.8 Å². The van der Waals surface area contributed by atoms with E-state index in [1.54, 1.807) is 6.92 Å². The molecule has 2 rings (SSSR count). The predicted molar refractivity (Wildman–Crippen MR) is 79.6 cm³/mol. The highest BCUT2D eigenvalue weighted by molar-refractivity contribution is 7.89. The van der Waals surface area contributed by atoms with Crippen LogP contribution in [-0.2, 0) is 25.7 Å². The molecule has 0 spiro atoms. The number of ether oxygens (including phenoxy) is 1. The molecular weight excluding hydrogens is 347 g/mol. The van der Waals surface area contributed by atoms with Gasteiger partial charge in [0.15, 0.2) is 0 Å². The zero-order valence-corrected chi connectivity index (χ0v) is 13.8. The number of hydrogen-bond donors (Lipinski definition) is 1. The lowest BCUT2D eigenvalue weighted by atomic mass is 10.00. The third kappa shape index (κ3) is 3.72. The average Bonchev–Trinajstić information content (AvgIpc) is 2.96. The number of rotatable bonds is 5. The summed E-state index contributed by atoms with van der Waals surface area (Å²) in [5.41, 5.74) is -2.78. The fraction of sp³-hybridized carbons (Fsp3) is 0.533. The Hall–Kier alpha value is -1.61. The van der Waals surface area contributed by atoms with Crippen molar-refractivity contribution in [3.8, 4) is 0 Å². The Morgan fingerprint density at radius 1 is 1.25 bits per heavy atom. The summed E-state index contributed by atoms with van der Waals surface area (Å²) < 4.78 is 71.5. The molecule has 1 aliphatic carbocycles. The van der Waals surface area contributed by atoms with E-state index < -0.39 is 38.2 Å². The lowest BCUT2D eigenvalue weighted by molar-refractivity contribution is -0.150. The van der Waals surface area contributed by atoms with Crippen LogP contribution in [0, 0.1) is 0 Å². The Morgan fingerprint density at radius 2 is 1.83 bits per heavy atom. The first-order valence-corrected chi connectivity index (χ1v) is 8.98. The molecule has 1 aliphatic rings. The van der Waals surface area contributed by atoms with Gasteiger partial charge in [0, 0.05) is 0 Å². The van der Waals surface area contributed by atoms with Crippen molar-refractivity contribution in [3.63, 3.8) is 0 Å². The molecule has 0 heterocycles. The van der Waals surface area contributed by atoms with Crippen molar-refractivity contribution >= 4 is 16.0 Å². The van der Waals surface area contributed by atoms with Gasteiger partial charge >= 0.3 is 12.1 Å². The van der Waals surface area contributed by atoms with Gasteiger partial charge < -0.3 is 4.74 Å². The molecule has 5 nitrogen and oxygen atoms in total. The normalized spacial score (nSPS) is 17.7. The minimum atomic E-state index is -4.82. The molecule has 0 radical (unpaired) electrons. The number of esters is 1. The maximum Gasteiger partial charge on any atom is 0.417 e. The molecule has 9 heteroatoms. The van der Waals surface area contributed by atoms with Gasteiger partial charge in [-0.25, -0.2) is 8.42 Å². The van der Waals surface area contributed by atoms with Crippen LogP contribution in [0.4, 0.5) is 13.2 Å². The monoisotopic (exact) mass is 365 g/mol. The largest absolute Gasteiger partial charge is 0.465 e. The van der Waals surface area contributed by atoms with E-state index in [1.165, 1.54) is 6.07 Å². The molecule has 1 aromatic carbocycles. The van der Waals surface area contributed by atoms with Gasteiger partial charge in [-0.1, -0.05) is 25.0 Å². The molecule has 1 N–H and O–H groups in total. The first-order valence-electron chi connectivity index (χ1n) is 7.50. The Kier molecular flexibility index (Phi) is 5.24. The SMILES string of the molecule is CCOC(=O)C1(NS(=O)(=O)c2ccccc2C(F)(F)F)CCCC1. The summed E-state index contributed by atoms with van der Waals surface area (Å²) in [7, 11) is -4.55. The van der Waals surface area contributed by atoms with Crippen LogP contribution in [0.1, 0.15) is 38.2 Å². The summed E-state index contributed by atoms with van der Waals surface area (Å²) in [6.07, 6.45) is -3.26. The number of benzene rings is 1. The van der Waals surface area contributed by atoms with Gasteiger partial charge in [-0.05, 0) is 31.9 Å². The maximum atomic E-state index is 13.1. The fourth-order valence-electron chi connectivity index (χ4n) is 2.84. The minimum absolute atomic E-state index is 0.0570. The summed E-state index contributed by atoms with van der Waals surface area (Å²) in [6, 6.07) is 3.88. The topological polar surface area (TPSA) is 72.5 Å². The van der Waals surface area contributed by atoms with Crippen molar-refractivity contribution in [2.24, 2.45) is 0 Å².